The highest BCUT2D eigenvalue weighted by Gasteiger charge is 2.29. The number of hydrogen-bond donors (Lipinski definition) is 1. The van der Waals surface area contributed by atoms with Gasteiger partial charge in [-0.15, -0.1) is 0 Å². The fourth-order valence-corrected chi connectivity index (χ4v) is 2.61. The number of rotatable bonds is 3. The van der Waals surface area contributed by atoms with Crippen molar-refractivity contribution >= 4 is 23.1 Å². The van der Waals surface area contributed by atoms with Crippen LogP contribution < -0.4 is 4.90 Å². The second kappa shape index (κ2) is 5.93. The summed E-state index contributed by atoms with van der Waals surface area (Å²) in [6.45, 7) is 2.32. The molecule has 0 amide bonds. The van der Waals surface area contributed by atoms with Crippen molar-refractivity contribution in [3.05, 3.63) is 65.7 Å². The van der Waals surface area contributed by atoms with Crippen LogP contribution >= 0.6 is 0 Å². The van der Waals surface area contributed by atoms with Gasteiger partial charge in [-0.1, -0.05) is 30.3 Å². The lowest BCUT2D eigenvalue weighted by molar-refractivity contribution is -0.138. The molecule has 0 radical (unpaired) electrons. The van der Waals surface area contributed by atoms with Crippen molar-refractivity contribution in [3.63, 3.8) is 0 Å². The van der Waals surface area contributed by atoms with E-state index in [1.165, 1.54) is 0 Å². The molecule has 0 atom stereocenters. The molecular formula is C18H17NO3. The van der Waals surface area contributed by atoms with Gasteiger partial charge >= 0.3 is 5.97 Å². The number of ether oxygens (including phenoxy) is 1. The van der Waals surface area contributed by atoms with Crippen LogP contribution in [0.4, 0.5) is 11.4 Å². The van der Waals surface area contributed by atoms with Gasteiger partial charge in [-0.25, -0.2) is 4.79 Å². The van der Waals surface area contributed by atoms with Gasteiger partial charge in [-0.05, 0) is 31.2 Å². The zero-order valence-corrected chi connectivity index (χ0v) is 12.3. The Bertz CT molecular complexity index is 722. The number of aliphatic hydroxyl groups excluding tert-OH is 1. The minimum absolute atomic E-state index is 0.00114. The van der Waals surface area contributed by atoms with E-state index in [0.29, 0.717) is 5.56 Å². The maximum atomic E-state index is 12.1. The summed E-state index contributed by atoms with van der Waals surface area (Å²) < 4.78 is 5.07. The van der Waals surface area contributed by atoms with E-state index in [1.54, 1.807) is 13.0 Å². The minimum Gasteiger partial charge on any atom is -0.507 e. The molecule has 0 unspecified atom stereocenters. The van der Waals surface area contributed by atoms with Gasteiger partial charge < -0.3 is 14.7 Å². The van der Waals surface area contributed by atoms with Crippen molar-refractivity contribution < 1.29 is 14.6 Å². The number of esters is 1. The molecule has 112 valence electrons. The second-order valence-electron chi connectivity index (χ2n) is 4.99. The number of para-hydroxylation sites is 2. The number of anilines is 2. The van der Waals surface area contributed by atoms with E-state index in [4.69, 9.17) is 4.74 Å². The van der Waals surface area contributed by atoms with Crippen LogP contribution in [0.1, 0.15) is 12.5 Å². The third-order valence-electron chi connectivity index (χ3n) is 3.64. The van der Waals surface area contributed by atoms with Crippen molar-refractivity contribution in [2.24, 2.45) is 0 Å². The molecule has 4 heteroatoms. The van der Waals surface area contributed by atoms with Crippen molar-refractivity contribution in [2.45, 2.75) is 6.92 Å². The van der Waals surface area contributed by atoms with Gasteiger partial charge in [0.15, 0.2) is 0 Å². The first-order chi connectivity index (χ1) is 10.7. The maximum absolute atomic E-state index is 12.1. The SMILES string of the molecule is CCOC(=O)C1=C(O)c2ccccc2N(c2ccccc2)C1. The Balaban J connectivity index is 2.11. The molecule has 3 rings (SSSR count). The Morgan fingerprint density at radius 3 is 2.55 bits per heavy atom. The van der Waals surface area contributed by atoms with Crippen molar-refractivity contribution in [1.82, 2.24) is 0 Å². The summed E-state index contributed by atoms with van der Waals surface area (Å²) in [5.74, 6) is -0.475. The predicted molar refractivity (Wildman–Crippen MR) is 86.1 cm³/mol. The number of aliphatic hydroxyl groups is 1. The lowest BCUT2D eigenvalue weighted by Crippen LogP contribution is -2.29. The van der Waals surface area contributed by atoms with Crippen LogP contribution in [-0.4, -0.2) is 24.2 Å². The smallest absolute Gasteiger partial charge is 0.339 e. The molecule has 0 saturated heterocycles. The van der Waals surface area contributed by atoms with E-state index in [1.807, 2.05) is 53.4 Å². The molecule has 4 nitrogen and oxygen atoms in total. The Labute approximate surface area is 129 Å². The monoisotopic (exact) mass is 295 g/mol. The number of hydrogen-bond acceptors (Lipinski definition) is 4. The van der Waals surface area contributed by atoms with Gasteiger partial charge in [0, 0.05) is 11.3 Å². The highest BCUT2D eigenvalue weighted by Crippen LogP contribution is 2.37. The molecule has 1 aliphatic heterocycles. The molecule has 0 aromatic heterocycles. The maximum Gasteiger partial charge on any atom is 0.339 e. The number of carbonyl (C=O) groups excluding carboxylic acids is 1. The van der Waals surface area contributed by atoms with E-state index in [-0.39, 0.29) is 24.5 Å². The van der Waals surface area contributed by atoms with Gasteiger partial charge in [0.1, 0.15) is 5.76 Å². The molecule has 22 heavy (non-hydrogen) atoms. The van der Waals surface area contributed by atoms with E-state index in [9.17, 15) is 9.90 Å². The van der Waals surface area contributed by atoms with Crippen LogP contribution in [0.5, 0.6) is 0 Å². The Morgan fingerprint density at radius 1 is 1.14 bits per heavy atom. The van der Waals surface area contributed by atoms with Crippen LogP contribution in [0.2, 0.25) is 0 Å². The standard InChI is InChI=1S/C18H17NO3/c1-2-22-18(21)15-12-19(13-8-4-3-5-9-13)16-11-7-6-10-14(16)17(15)20/h3-11,20H,2,12H2,1H3. The highest BCUT2D eigenvalue weighted by atomic mass is 16.5. The van der Waals surface area contributed by atoms with Crippen molar-refractivity contribution in [1.29, 1.82) is 0 Å². The van der Waals surface area contributed by atoms with Gasteiger partial charge in [0.25, 0.3) is 0 Å². The average Bonchev–Trinajstić information content (AvgIpc) is 2.56. The molecule has 2 aromatic rings. The molecule has 0 saturated carbocycles. The summed E-state index contributed by atoms with van der Waals surface area (Å²) in [5.41, 5.74) is 2.76. The topological polar surface area (TPSA) is 49.8 Å². The van der Waals surface area contributed by atoms with Gasteiger partial charge in [0.2, 0.25) is 0 Å². The van der Waals surface area contributed by atoms with Crippen LogP contribution in [0.3, 0.4) is 0 Å². The Hall–Kier alpha value is -2.75. The van der Waals surface area contributed by atoms with Crippen LogP contribution in [-0.2, 0) is 9.53 Å². The summed E-state index contributed by atoms with van der Waals surface area (Å²) in [5, 5.41) is 10.4. The predicted octanol–water partition coefficient (Wildman–Crippen LogP) is 3.67. The van der Waals surface area contributed by atoms with E-state index in [0.717, 1.165) is 11.4 Å². The average molecular weight is 295 g/mol. The first-order valence-corrected chi connectivity index (χ1v) is 7.23. The third-order valence-corrected chi connectivity index (χ3v) is 3.64. The van der Waals surface area contributed by atoms with Gasteiger partial charge in [0.05, 0.1) is 24.4 Å². The van der Waals surface area contributed by atoms with E-state index >= 15 is 0 Å². The quantitative estimate of drug-likeness (QED) is 0.878. The van der Waals surface area contributed by atoms with Crippen LogP contribution in [0.15, 0.2) is 60.2 Å². The summed E-state index contributed by atoms with van der Waals surface area (Å²) in [7, 11) is 0. The summed E-state index contributed by atoms with van der Waals surface area (Å²) in [4.78, 5) is 14.1. The normalized spacial score (nSPS) is 13.8. The largest absolute Gasteiger partial charge is 0.507 e. The highest BCUT2D eigenvalue weighted by molar-refractivity contribution is 6.01. The van der Waals surface area contributed by atoms with Crippen molar-refractivity contribution in [2.75, 3.05) is 18.1 Å². The molecule has 1 aliphatic rings. The van der Waals surface area contributed by atoms with Crippen LogP contribution in [0.25, 0.3) is 5.76 Å². The molecule has 0 bridgehead atoms. The number of fused-ring (bicyclic) bond motifs is 1. The number of nitrogens with zero attached hydrogens (tertiary/aromatic N) is 1. The van der Waals surface area contributed by atoms with Gasteiger partial charge in [-0.3, -0.25) is 0 Å². The second-order valence-corrected chi connectivity index (χ2v) is 4.99. The molecule has 2 aromatic carbocycles. The Kier molecular flexibility index (Phi) is 3.83. The fourth-order valence-electron chi connectivity index (χ4n) is 2.61. The molecule has 1 N–H and O–H groups in total. The lowest BCUT2D eigenvalue weighted by atomic mass is 9.99. The molecule has 1 heterocycles. The summed E-state index contributed by atoms with van der Waals surface area (Å²) in [6.07, 6.45) is 0. The molecule has 0 fully saturated rings. The molecule has 0 spiro atoms. The minimum atomic E-state index is -0.476. The van der Waals surface area contributed by atoms with E-state index < -0.39 is 5.97 Å². The first-order valence-electron chi connectivity index (χ1n) is 7.23. The first kappa shape index (κ1) is 14.2. The summed E-state index contributed by atoms with van der Waals surface area (Å²) in [6, 6.07) is 17.3. The lowest BCUT2D eigenvalue weighted by Gasteiger charge is -2.31. The zero-order chi connectivity index (χ0) is 15.5. The van der Waals surface area contributed by atoms with Crippen LogP contribution in [0, 0.1) is 0 Å². The van der Waals surface area contributed by atoms with Crippen molar-refractivity contribution in [3.8, 4) is 0 Å². The molecule has 0 aliphatic carbocycles. The number of carbonyl (C=O) groups is 1. The summed E-state index contributed by atoms with van der Waals surface area (Å²) >= 11 is 0. The molecular weight excluding hydrogens is 278 g/mol. The zero-order valence-electron chi connectivity index (χ0n) is 12.3. The third kappa shape index (κ3) is 2.44. The van der Waals surface area contributed by atoms with E-state index in [2.05, 4.69) is 0 Å². The fraction of sp³-hybridized carbons (Fsp3) is 0.167. The van der Waals surface area contributed by atoms with Gasteiger partial charge in [-0.2, -0.15) is 0 Å². The number of benzene rings is 2. The Morgan fingerprint density at radius 2 is 1.82 bits per heavy atom.